The summed E-state index contributed by atoms with van der Waals surface area (Å²) in [5.41, 5.74) is 6.56. The van der Waals surface area contributed by atoms with Crippen molar-refractivity contribution in [2.45, 2.75) is 74.7 Å². The lowest BCUT2D eigenvalue weighted by molar-refractivity contribution is 0.196. The molecule has 0 aromatic heterocycles. The third kappa shape index (κ3) is 12.1. The summed E-state index contributed by atoms with van der Waals surface area (Å²) in [4.78, 5) is 0. The van der Waals surface area contributed by atoms with Gasteiger partial charge in [-0.1, -0.05) is 27.7 Å². The molecule has 4 heterocycles. The fourth-order valence-corrected chi connectivity index (χ4v) is 17.9. The molecular weight excluding hydrogens is 1000 g/mol. The van der Waals surface area contributed by atoms with Gasteiger partial charge in [0.1, 0.15) is 0 Å². The predicted octanol–water partition coefficient (Wildman–Crippen LogP) is 11.2. The van der Waals surface area contributed by atoms with E-state index in [4.69, 9.17) is 37.9 Å². The summed E-state index contributed by atoms with van der Waals surface area (Å²) in [6.07, 6.45) is -1.43. The molecule has 0 bridgehead atoms. The van der Waals surface area contributed by atoms with E-state index in [1.807, 2.05) is 52.0 Å². The van der Waals surface area contributed by atoms with Gasteiger partial charge in [-0.2, -0.15) is 0 Å². The van der Waals surface area contributed by atoms with Gasteiger partial charge in [-0.15, -0.1) is 0 Å². The van der Waals surface area contributed by atoms with Crippen molar-refractivity contribution in [2.24, 2.45) is 0 Å². The van der Waals surface area contributed by atoms with Crippen molar-refractivity contribution in [3.8, 4) is 46.0 Å². The van der Waals surface area contributed by atoms with E-state index in [1.165, 1.54) is 0 Å². The molecule has 20 heteroatoms. The van der Waals surface area contributed by atoms with Crippen LogP contribution >= 0.6 is 28.6 Å². The minimum Gasteiger partial charge on any atom is -0.493 e. The van der Waals surface area contributed by atoms with Gasteiger partial charge >= 0.3 is 0 Å². The molecule has 0 aliphatic carbocycles. The molecule has 4 aromatic carbocycles. The number of rotatable bonds is 8. The Kier molecular flexibility index (Phi) is 19.1. The van der Waals surface area contributed by atoms with Gasteiger partial charge in [0.25, 0.3) is 0 Å². The smallest absolute Gasteiger partial charge is 0.161 e. The van der Waals surface area contributed by atoms with E-state index in [1.54, 1.807) is 108 Å². The number of ether oxygens (including phenoxy) is 8. The zero-order chi connectivity index (χ0) is 54.0. The predicted molar refractivity (Wildman–Crippen MR) is 285 cm³/mol. The Labute approximate surface area is 425 Å². The van der Waals surface area contributed by atoms with Crippen LogP contribution < -0.4 is 37.9 Å². The van der Waals surface area contributed by atoms with E-state index < -0.39 is 53.0 Å². The van der Waals surface area contributed by atoms with Gasteiger partial charge in [-0.3, -0.25) is 0 Å². The van der Waals surface area contributed by atoms with Gasteiger partial charge in [0, 0.05) is 47.3 Å². The zero-order valence-corrected chi connectivity index (χ0v) is 48.1. The minimum atomic E-state index is -2.37. The molecule has 12 atom stereocenters. The first-order valence-electron chi connectivity index (χ1n) is 23.6. The normalized spacial score (nSPS) is 30.7. The second-order valence-electron chi connectivity index (χ2n) is 19.5. The Morgan fingerprint density at radius 2 is 0.431 bits per heavy atom. The molecule has 8 rings (SSSR count). The first-order chi connectivity index (χ1) is 33.6. The minimum absolute atomic E-state index is 0.0595. The number of hydrogen-bond acceptors (Lipinski definition) is 16. The monoisotopic (exact) mass is 1080 g/mol. The van der Waals surface area contributed by atoms with E-state index in [2.05, 4.69) is 0 Å². The van der Waals surface area contributed by atoms with Crippen molar-refractivity contribution in [3.63, 3.8) is 0 Å². The zero-order valence-electron chi connectivity index (χ0n) is 44.5. The fourth-order valence-electron chi connectivity index (χ4n) is 9.82. The summed E-state index contributed by atoms with van der Waals surface area (Å²) in [5, 5.41) is 40.5. The second-order valence-corrected chi connectivity index (χ2v) is 33.5. The molecule has 12 unspecified atom stereocenters. The summed E-state index contributed by atoms with van der Waals surface area (Å²) in [6, 6.07) is 14.5. The van der Waals surface area contributed by atoms with Gasteiger partial charge in [-0.05, 0) is 120 Å². The average molecular weight is 1080 g/mol. The maximum Gasteiger partial charge on any atom is 0.161 e. The number of hydrogen-bond donors (Lipinski definition) is 4. The fraction of sp³-hybridized carbons (Fsp3) is 0.538. The van der Waals surface area contributed by atoms with Crippen molar-refractivity contribution in [1.82, 2.24) is 0 Å². The van der Waals surface area contributed by atoms with Crippen LogP contribution in [0.4, 0.5) is 0 Å². The molecule has 4 aliphatic heterocycles. The van der Waals surface area contributed by atoms with Gasteiger partial charge in [0.05, 0.1) is 110 Å². The Balaban J connectivity index is 0.000000178. The van der Waals surface area contributed by atoms with E-state index in [0.717, 1.165) is 44.5 Å². The first kappa shape index (κ1) is 58.9. The Morgan fingerprint density at radius 3 is 0.556 bits per heavy atom. The first-order valence-corrected chi connectivity index (χ1v) is 33.3. The maximum absolute atomic E-state index is 12.5. The number of methoxy groups -OCH3 is 8. The van der Waals surface area contributed by atoms with Crippen LogP contribution in [0.25, 0.3) is 0 Å². The van der Waals surface area contributed by atoms with Crippen molar-refractivity contribution in [2.75, 3.05) is 108 Å². The SMILES string of the molecule is COc1cc2c(cc1OC)C(C)P(C)(=O)CC2O.COc1cc2c(cc1OC)C(C)P(C)(=O)CC2O.COc1cc2c(cc1OC)C(C)P(C)(=O)CC2O.COc1cc2c(cc1OC)C(C)P(C)(=O)CC2O. The summed E-state index contributed by atoms with van der Waals surface area (Å²) < 4.78 is 91.8. The third-order valence-corrected chi connectivity index (χ3v) is 27.0. The summed E-state index contributed by atoms with van der Waals surface area (Å²) >= 11 is 0. The van der Waals surface area contributed by atoms with Gasteiger partial charge < -0.3 is 76.6 Å². The van der Waals surface area contributed by atoms with E-state index in [-0.39, 0.29) is 22.6 Å². The molecule has 72 heavy (non-hydrogen) atoms. The lowest BCUT2D eigenvalue weighted by atomic mass is 9.99. The molecule has 400 valence electrons. The lowest BCUT2D eigenvalue weighted by Gasteiger charge is -2.33. The van der Waals surface area contributed by atoms with Gasteiger partial charge in [0.2, 0.25) is 0 Å². The standard InChI is InChI=1S/4C13H19O4P/c4*1-8-9-5-12(16-2)13(17-3)6-10(9)11(14)7-18(8,4)15/h4*5-6,8,11,14H,7H2,1-4H3. The highest BCUT2D eigenvalue weighted by Crippen LogP contribution is 2.66. The second kappa shape index (κ2) is 23.3. The van der Waals surface area contributed by atoms with Crippen LogP contribution in [0.15, 0.2) is 48.5 Å². The molecule has 0 saturated carbocycles. The van der Waals surface area contributed by atoms with Crippen LogP contribution in [-0.4, -0.2) is 129 Å². The van der Waals surface area contributed by atoms with Crippen LogP contribution in [0.1, 0.15) is 119 Å². The van der Waals surface area contributed by atoms with Crippen molar-refractivity contribution in [3.05, 3.63) is 93.0 Å². The van der Waals surface area contributed by atoms with Crippen LogP contribution in [0.5, 0.6) is 46.0 Å². The summed E-state index contributed by atoms with van der Waals surface area (Å²) in [6.45, 7) is 14.8. The number of aliphatic hydroxyl groups excluding tert-OH is 4. The molecule has 0 spiro atoms. The van der Waals surface area contributed by atoms with Gasteiger partial charge in [-0.25, -0.2) is 0 Å². The lowest BCUT2D eigenvalue weighted by Crippen LogP contribution is -2.17. The molecular formula is C52H76O16P4. The van der Waals surface area contributed by atoms with Crippen LogP contribution in [0.2, 0.25) is 0 Å². The molecule has 4 aromatic rings. The maximum atomic E-state index is 12.5. The summed E-state index contributed by atoms with van der Waals surface area (Å²) in [7, 11) is 3.06. The topological polar surface area (TPSA) is 223 Å². The van der Waals surface area contributed by atoms with E-state index in [9.17, 15) is 38.7 Å². The van der Waals surface area contributed by atoms with Crippen molar-refractivity contribution >= 4 is 28.6 Å². The highest BCUT2D eigenvalue weighted by Gasteiger charge is 2.41. The van der Waals surface area contributed by atoms with Crippen LogP contribution in [-0.2, 0) is 18.3 Å². The molecule has 16 nitrogen and oxygen atoms in total. The van der Waals surface area contributed by atoms with Crippen molar-refractivity contribution in [1.29, 1.82) is 0 Å². The van der Waals surface area contributed by atoms with E-state index in [0.29, 0.717) is 70.6 Å². The number of fused-ring (bicyclic) bond motifs is 4. The molecule has 4 aliphatic rings. The molecule has 0 fully saturated rings. The quantitative estimate of drug-likeness (QED) is 0.120. The molecule has 0 amide bonds. The largest absolute Gasteiger partial charge is 0.493 e. The molecule has 0 radical (unpaired) electrons. The molecule has 4 N–H and O–H groups in total. The van der Waals surface area contributed by atoms with Crippen molar-refractivity contribution < 1.29 is 76.6 Å². The van der Waals surface area contributed by atoms with E-state index >= 15 is 0 Å². The molecule has 0 saturated heterocycles. The average Bonchev–Trinajstić information content (AvgIpc) is 3.34. The van der Waals surface area contributed by atoms with Crippen LogP contribution in [0.3, 0.4) is 0 Å². The Hall–Kier alpha value is -3.96. The number of benzene rings is 4. The third-order valence-electron chi connectivity index (χ3n) is 15.0. The van der Waals surface area contributed by atoms with Crippen LogP contribution in [0, 0.1) is 0 Å². The Morgan fingerprint density at radius 1 is 0.306 bits per heavy atom. The van der Waals surface area contributed by atoms with Gasteiger partial charge in [0.15, 0.2) is 46.0 Å². The summed E-state index contributed by atoms with van der Waals surface area (Å²) in [5.74, 6) is 4.81. The number of aliphatic hydroxyl groups is 4. The Bertz CT molecular complexity index is 2420. The highest BCUT2D eigenvalue weighted by molar-refractivity contribution is 7.64. The highest BCUT2D eigenvalue weighted by atomic mass is 31.2.